The molecular formula is C14H19N3O. The van der Waals surface area contributed by atoms with Crippen LogP contribution in [0.15, 0.2) is 24.3 Å². The first-order chi connectivity index (χ1) is 8.63. The number of hydrogen-bond acceptors (Lipinski definition) is 2. The van der Waals surface area contributed by atoms with E-state index >= 15 is 0 Å². The van der Waals surface area contributed by atoms with Crippen LogP contribution in [0.25, 0.3) is 11.0 Å². The van der Waals surface area contributed by atoms with Crippen molar-refractivity contribution in [1.82, 2.24) is 14.9 Å². The van der Waals surface area contributed by atoms with Crippen molar-refractivity contribution in [3.63, 3.8) is 0 Å². The molecule has 1 N–H and O–H groups in total. The van der Waals surface area contributed by atoms with Crippen molar-refractivity contribution >= 4 is 16.9 Å². The van der Waals surface area contributed by atoms with Crippen LogP contribution < -0.4 is 5.32 Å². The molecule has 0 unspecified atom stereocenters. The molecule has 1 aromatic heterocycles. The van der Waals surface area contributed by atoms with Crippen molar-refractivity contribution in [2.24, 2.45) is 0 Å². The maximum absolute atomic E-state index is 11.8. The van der Waals surface area contributed by atoms with Gasteiger partial charge in [-0.05, 0) is 19.1 Å². The minimum absolute atomic E-state index is 0.0301. The molecule has 0 bridgehead atoms. The second-order valence-electron chi connectivity index (χ2n) is 4.65. The van der Waals surface area contributed by atoms with Gasteiger partial charge in [-0.15, -0.1) is 0 Å². The molecule has 0 aliphatic heterocycles. The molecule has 4 nitrogen and oxygen atoms in total. The fraction of sp³-hybridized carbons (Fsp3) is 0.429. The molecule has 1 heterocycles. The fourth-order valence-corrected chi connectivity index (χ4v) is 2.10. The van der Waals surface area contributed by atoms with Gasteiger partial charge in [0.2, 0.25) is 5.91 Å². The zero-order valence-electron chi connectivity index (χ0n) is 11.1. The summed E-state index contributed by atoms with van der Waals surface area (Å²) in [6.07, 6.45) is 0. The third kappa shape index (κ3) is 2.37. The molecular weight excluding hydrogens is 226 g/mol. The lowest BCUT2D eigenvalue weighted by Gasteiger charge is -2.11. The summed E-state index contributed by atoms with van der Waals surface area (Å²) in [4.78, 5) is 16.4. The van der Waals surface area contributed by atoms with Gasteiger partial charge in [0.25, 0.3) is 0 Å². The van der Waals surface area contributed by atoms with Crippen molar-refractivity contribution < 1.29 is 4.79 Å². The molecule has 0 atom stereocenters. The quantitative estimate of drug-likeness (QED) is 0.898. The third-order valence-corrected chi connectivity index (χ3v) is 2.88. The van der Waals surface area contributed by atoms with E-state index in [1.54, 1.807) is 0 Å². The Balaban J connectivity index is 2.45. The molecule has 0 aliphatic rings. The molecule has 0 saturated heterocycles. The Kier molecular flexibility index (Phi) is 3.65. The van der Waals surface area contributed by atoms with Crippen molar-refractivity contribution in [3.8, 4) is 0 Å². The zero-order chi connectivity index (χ0) is 13.1. The van der Waals surface area contributed by atoms with E-state index in [1.807, 2.05) is 35.8 Å². The number of fused-ring (bicyclic) bond motifs is 1. The summed E-state index contributed by atoms with van der Waals surface area (Å²) in [5.41, 5.74) is 1.97. The smallest absolute Gasteiger partial charge is 0.239 e. The number of nitrogens with zero attached hydrogens (tertiary/aromatic N) is 2. The summed E-state index contributed by atoms with van der Waals surface area (Å²) >= 11 is 0. The van der Waals surface area contributed by atoms with Crippen LogP contribution in [0.5, 0.6) is 0 Å². The average molecular weight is 245 g/mol. The van der Waals surface area contributed by atoms with Crippen LogP contribution in [0.2, 0.25) is 0 Å². The first kappa shape index (κ1) is 12.6. The minimum Gasteiger partial charge on any atom is -0.355 e. The molecule has 0 spiro atoms. The van der Waals surface area contributed by atoms with Crippen LogP contribution in [-0.2, 0) is 11.3 Å². The first-order valence-corrected chi connectivity index (χ1v) is 6.35. The maximum atomic E-state index is 11.8. The van der Waals surface area contributed by atoms with Gasteiger partial charge in [0.15, 0.2) is 0 Å². The number of benzene rings is 1. The lowest BCUT2D eigenvalue weighted by Crippen LogP contribution is -2.27. The third-order valence-electron chi connectivity index (χ3n) is 2.88. The number of nitrogens with one attached hydrogen (secondary N) is 1. The number of para-hydroxylation sites is 2. The predicted octanol–water partition coefficient (Wildman–Crippen LogP) is 2.30. The standard InChI is InChI=1S/C14H19N3O/c1-4-15-13(18)9-17-12-8-6-5-7-11(12)16-14(17)10(2)3/h5-8,10H,4,9H2,1-3H3,(H,15,18). The topological polar surface area (TPSA) is 46.9 Å². The Hall–Kier alpha value is -1.84. The van der Waals surface area contributed by atoms with E-state index in [0.717, 1.165) is 16.9 Å². The second kappa shape index (κ2) is 5.21. The molecule has 0 aliphatic carbocycles. The van der Waals surface area contributed by atoms with Gasteiger partial charge in [-0.1, -0.05) is 26.0 Å². The van der Waals surface area contributed by atoms with Gasteiger partial charge in [-0.25, -0.2) is 4.98 Å². The number of carbonyl (C=O) groups is 1. The number of aromatic nitrogens is 2. The van der Waals surface area contributed by atoms with Crippen LogP contribution >= 0.6 is 0 Å². The molecule has 4 heteroatoms. The largest absolute Gasteiger partial charge is 0.355 e. The van der Waals surface area contributed by atoms with E-state index in [1.165, 1.54) is 0 Å². The van der Waals surface area contributed by atoms with Crippen LogP contribution in [0.4, 0.5) is 0 Å². The van der Waals surface area contributed by atoms with Gasteiger partial charge >= 0.3 is 0 Å². The van der Waals surface area contributed by atoms with Crippen LogP contribution in [0, 0.1) is 0 Å². The van der Waals surface area contributed by atoms with Crippen LogP contribution in [0.1, 0.15) is 32.5 Å². The van der Waals surface area contributed by atoms with Gasteiger partial charge < -0.3 is 9.88 Å². The first-order valence-electron chi connectivity index (χ1n) is 6.35. The molecule has 96 valence electrons. The monoisotopic (exact) mass is 245 g/mol. The lowest BCUT2D eigenvalue weighted by atomic mass is 10.2. The highest BCUT2D eigenvalue weighted by Gasteiger charge is 2.15. The molecule has 0 saturated carbocycles. The molecule has 0 fully saturated rings. The fourth-order valence-electron chi connectivity index (χ4n) is 2.10. The highest BCUT2D eigenvalue weighted by atomic mass is 16.1. The normalized spacial score (nSPS) is 11.1. The van der Waals surface area contributed by atoms with Gasteiger partial charge in [-0.2, -0.15) is 0 Å². The SMILES string of the molecule is CCNC(=O)Cn1c(C(C)C)nc2ccccc21. The van der Waals surface area contributed by atoms with Crippen molar-refractivity contribution in [1.29, 1.82) is 0 Å². The average Bonchev–Trinajstić information content (AvgIpc) is 2.69. The predicted molar refractivity (Wildman–Crippen MR) is 72.5 cm³/mol. The van der Waals surface area contributed by atoms with Crippen LogP contribution in [-0.4, -0.2) is 22.0 Å². The summed E-state index contributed by atoms with van der Waals surface area (Å²) in [6.45, 7) is 7.10. The molecule has 2 rings (SSSR count). The van der Waals surface area contributed by atoms with Gasteiger partial charge in [0.1, 0.15) is 12.4 Å². The summed E-state index contributed by atoms with van der Waals surface area (Å²) in [5.74, 6) is 1.29. The summed E-state index contributed by atoms with van der Waals surface area (Å²) < 4.78 is 2.00. The van der Waals surface area contributed by atoms with Crippen molar-refractivity contribution in [3.05, 3.63) is 30.1 Å². The van der Waals surface area contributed by atoms with Crippen molar-refractivity contribution in [2.75, 3.05) is 6.54 Å². The van der Waals surface area contributed by atoms with Gasteiger partial charge in [0, 0.05) is 12.5 Å². The summed E-state index contributed by atoms with van der Waals surface area (Å²) in [7, 11) is 0. The van der Waals surface area contributed by atoms with Crippen molar-refractivity contribution in [2.45, 2.75) is 33.2 Å². The van der Waals surface area contributed by atoms with E-state index in [-0.39, 0.29) is 5.91 Å². The number of amides is 1. The number of likely N-dealkylation sites (N-methyl/N-ethyl adjacent to an activating group) is 1. The highest BCUT2D eigenvalue weighted by Crippen LogP contribution is 2.21. The maximum Gasteiger partial charge on any atom is 0.239 e. The summed E-state index contributed by atoms with van der Waals surface area (Å²) in [5, 5.41) is 2.83. The zero-order valence-corrected chi connectivity index (χ0v) is 11.1. The summed E-state index contributed by atoms with van der Waals surface area (Å²) in [6, 6.07) is 7.93. The van der Waals surface area contributed by atoms with Gasteiger partial charge in [-0.3, -0.25) is 4.79 Å². The molecule has 0 radical (unpaired) electrons. The number of hydrogen-bond donors (Lipinski definition) is 1. The highest BCUT2D eigenvalue weighted by molar-refractivity contribution is 5.81. The van der Waals surface area contributed by atoms with Crippen LogP contribution in [0.3, 0.4) is 0 Å². The Morgan fingerprint density at radius 3 is 2.78 bits per heavy atom. The second-order valence-corrected chi connectivity index (χ2v) is 4.65. The van der Waals surface area contributed by atoms with E-state index in [0.29, 0.717) is 19.0 Å². The van der Waals surface area contributed by atoms with Gasteiger partial charge in [0.05, 0.1) is 11.0 Å². The Morgan fingerprint density at radius 1 is 1.39 bits per heavy atom. The number of rotatable bonds is 4. The Labute approximate surface area is 107 Å². The molecule has 18 heavy (non-hydrogen) atoms. The minimum atomic E-state index is 0.0301. The Morgan fingerprint density at radius 2 is 2.11 bits per heavy atom. The molecule has 2 aromatic rings. The number of carbonyl (C=O) groups excluding carboxylic acids is 1. The Bertz CT molecular complexity index is 557. The lowest BCUT2D eigenvalue weighted by molar-refractivity contribution is -0.121. The van der Waals surface area contributed by atoms with E-state index in [2.05, 4.69) is 24.1 Å². The van der Waals surface area contributed by atoms with E-state index in [9.17, 15) is 4.79 Å². The number of imidazole rings is 1. The van der Waals surface area contributed by atoms with E-state index < -0.39 is 0 Å². The molecule has 1 amide bonds. The van der Waals surface area contributed by atoms with E-state index in [4.69, 9.17) is 0 Å². The molecule has 1 aromatic carbocycles.